The molecular weight excluding hydrogens is 479 g/mol. The number of carboxylic acid groups (broad SMARTS) is 1. The van der Waals surface area contributed by atoms with Gasteiger partial charge in [0.1, 0.15) is 17.5 Å². The molecule has 5 rings (SSSR count). The Bertz CT molecular complexity index is 1720. The third-order valence-electron chi connectivity index (χ3n) is 6.26. The minimum atomic E-state index is -1.14. The molecule has 0 saturated heterocycles. The molecule has 5 aromatic rings. The molecule has 0 atom stereocenters. The van der Waals surface area contributed by atoms with E-state index in [0.29, 0.717) is 22.0 Å². The number of benzene rings is 3. The van der Waals surface area contributed by atoms with Gasteiger partial charge in [-0.25, -0.2) is 18.0 Å². The van der Waals surface area contributed by atoms with Crippen molar-refractivity contribution in [3.8, 4) is 17.3 Å². The summed E-state index contributed by atoms with van der Waals surface area (Å²) in [5.74, 6) is -3.12. The zero-order chi connectivity index (χ0) is 26.1. The average Bonchev–Trinajstić information content (AvgIpc) is 3.37. The summed E-state index contributed by atoms with van der Waals surface area (Å²) in [6.45, 7) is 0. The smallest absolute Gasteiger partial charge is 0.335 e. The number of nitrogens with one attached hydrogen (secondary N) is 1. The first-order chi connectivity index (χ1) is 17.9. The number of aromatic nitrogens is 2. The SMILES string of the molecule is N#Cc1ccc(Cc2cccnc2-c2c(F)ccc(F)c2Cc2cc(C(=O)O)cc3[nH]ccc23)c(F)c1. The highest BCUT2D eigenvalue weighted by atomic mass is 19.1. The fraction of sp³-hybridized carbons (Fsp3) is 0.0690. The van der Waals surface area contributed by atoms with Gasteiger partial charge in [0.2, 0.25) is 0 Å². The second-order valence-corrected chi connectivity index (χ2v) is 8.54. The van der Waals surface area contributed by atoms with E-state index >= 15 is 8.78 Å². The molecule has 0 amide bonds. The lowest BCUT2D eigenvalue weighted by Crippen LogP contribution is -2.05. The quantitative estimate of drug-likeness (QED) is 0.284. The number of carboxylic acids is 1. The summed E-state index contributed by atoms with van der Waals surface area (Å²) in [6, 6.07) is 15.9. The molecule has 0 aliphatic heterocycles. The largest absolute Gasteiger partial charge is 0.478 e. The van der Waals surface area contributed by atoms with E-state index in [9.17, 15) is 14.3 Å². The molecule has 8 heteroatoms. The summed E-state index contributed by atoms with van der Waals surface area (Å²) >= 11 is 0. The molecule has 2 aromatic heterocycles. The van der Waals surface area contributed by atoms with Crippen LogP contribution in [0.3, 0.4) is 0 Å². The highest BCUT2D eigenvalue weighted by Gasteiger charge is 2.22. The van der Waals surface area contributed by atoms with Gasteiger partial charge in [-0.05, 0) is 65.2 Å². The molecule has 0 saturated carbocycles. The van der Waals surface area contributed by atoms with E-state index < -0.39 is 23.4 Å². The maximum atomic E-state index is 15.4. The molecule has 0 aliphatic rings. The number of carbonyl (C=O) groups is 1. The van der Waals surface area contributed by atoms with Crippen molar-refractivity contribution in [2.24, 2.45) is 0 Å². The number of hydrogen-bond acceptors (Lipinski definition) is 3. The fourth-order valence-corrected chi connectivity index (χ4v) is 4.50. The molecule has 5 nitrogen and oxygen atoms in total. The second-order valence-electron chi connectivity index (χ2n) is 8.54. The van der Waals surface area contributed by atoms with Crippen LogP contribution in [-0.4, -0.2) is 21.0 Å². The van der Waals surface area contributed by atoms with Crippen LogP contribution in [0, 0.1) is 28.8 Å². The number of nitrogens with zero attached hydrogens (tertiary/aromatic N) is 2. The van der Waals surface area contributed by atoms with E-state index in [1.54, 1.807) is 24.4 Å². The Hall–Kier alpha value is -4.90. The molecule has 3 aromatic carbocycles. The van der Waals surface area contributed by atoms with Crippen molar-refractivity contribution in [2.45, 2.75) is 12.8 Å². The van der Waals surface area contributed by atoms with Crippen molar-refractivity contribution in [3.63, 3.8) is 0 Å². The molecule has 0 unspecified atom stereocenters. The maximum Gasteiger partial charge on any atom is 0.335 e. The highest BCUT2D eigenvalue weighted by molar-refractivity contribution is 5.95. The number of nitriles is 1. The van der Waals surface area contributed by atoms with Gasteiger partial charge in [0.05, 0.1) is 22.9 Å². The van der Waals surface area contributed by atoms with Crippen molar-refractivity contribution < 1.29 is 23.1 Å². The molecule has 0 bridgehead atoms. The third-order valence-corrected chi connectivity index (χ3v) is 6.26. The van der Waals surface area contributed by atoms with Crippen LogP contribution in [0.5, 0.6) is 0 Å². The highest BCUT2D eigenvalue weighted by Crippen LogP contribution is 2.34. The van der Waals surface area contributed by atoms with Crippen LogP contribution in [0.25, 0.3) is 22.2 Å². The van der Waals surface area contributed by atoms with E-state index in [0.717, 1.165) is 18.2 Å². The van der Waals surface area contributed by atoms with E-state index in [4.69, 9.17) is 5.26 Å². The lowest BCUT2D eigenvalue weighted by atomic mass is 9.91. The Kier molecular flexibility index (Phi) is 6.20. The number of H-pyrrole nitrogens is 1. The van der Waals surface area contributed by atoms with Crippen LogP contribution in [0.4, 0.5) is 13.2 Å². The van der Waals surface area contributed by atoms with Crippen LogP contribution < -0.4 is 0 Å². The van der Waals surface area contributed by atoms with E-state index in [1.165, 1.54) is 30.5 Å². The summed E-state index contributed by atoms with van der Waals surface area (Å²) in [5.41, 5.74) is 2.06. The van der Waals surface area contributed by atoms with Crippen LogP contribution >= 0.6 is 0 Å². The van der Waals surface area contributed by atoms with Gasteiger partial charge in [-0.3, -0.25) is 4.98 Å². The van der Waals surface area contributed by atoms with Gasteiger partial charge in [0.15, 0.2) is 0 Å². The Morgan fingerprint density at radius 3 is 2.49 bits per heavy atom. The molecule has 37 heavy (non-hydrogen) atoms. The second kappa shape index (κ2) is 9.63. The number of pyridine rings is 1. The van der Waals surface area contributed by atoms with E-state index in [2.05, 4.69) is 9.97 Å². The van der Waals surface area contributed by atoms with Crippen molar-refractivity contribution >= 4 is 16.9 Å². The lowest BCUT2D eigenvalue weighted by molar-refractivity contribution is 0.0697. The van der Waals surface area contributed by atoms with Gasteiger partial charge >= 0.3 is 5.97 Å². The zero-order valence-corrected chi connectivity index (χ0v) is 19.2. The molecule has 0 aliphatic carbocycles. The summed E-state index contributed by atoms with van der Waals surface area (Å²) < 4.78 is 45.3. The summed E-state index contributed by atoms with van der Waals surface area (Å²) in [4.78, 5) is 19.0. The molecule has 182 valence electrons. The number of hydrogen-bond donors (Lipinski definition) is 2. The minimum Gasteiger partial charge on any atom is -0.478 e. The van der Waals surface area contributed by atoms with Crippen molar-refractivity contribution in [3.05, 3.63) is 124 Å². The third kappa shape index (κ3) is 4.55. The monoisotopic (exact) mass is 497 g/mol. The lowest BCUT2D eigenvalue weighted by Gasteiger charge is -2.16. The molecule has 2 N–H and O–H groups in total. The van der Waals surface area contributed by atoms with Crippen LogP contribution in [0.1, 0.15) is 38.2 Å². The van der Waals surface area contributed by atoms with Gasteiger partial charge in [-0.1, -0.05) is 12.1 Å². The minimum absolute atomic E-state index is 0.00490. The van der Waals surface area contributed by atoms with Gasteiger partial charge in [-0.15, -0.1) is 0 Å². The normalized spacial score (nSPS) is 11.0. The summed E-state index contributed by atoms with van der Waals surface area (Å²) in [6.07, 6.45) is 3.02. The van der Waals surface area contributed by atoms with Gasteiger partial charge in [-0.2, -0.15) is 5.26 Å². The Labute approximate surface area is 209 Å². The van der Waals surface area contributed by atoms with Crippen LogP contribution in [0.2, 0.25) is 0 Å². The Morgan fingerprint density at radius 2 is 1.73 bits per heavy atom. The number of rotatable bonds is 6. The van der Waals surface area contributed by atoms with Crippen molar-refractivity contribution in [2.75, 3.05) is 0 Å². The first-order valence-corrected chi connectivity index (χ1v) is 11.3. The molecule has 2 heterocycles. The van der Waals surface area contributed by atoms with Crippen LogP contribution in [0.15, 0.2) is 73.1 Å². The Balaban J connectivity index is 1.64. The first-order valence-electron chi connectivity index (χ1n) is 11.3. The molecule has 0 fully saturated rings. The van der Waals surface area contributed by atoms with Gasteiger partial charge in [0.25, 0.3) is 0 Å². The standard InChI is InChI=1S/C29H18F3N3O2/c30-23-5-6-24(31)27(22(23)13-19-12-20(29(36)37)14-26-21(19)7-9-34-26)28-18(2-1-8-35-28)11-17-4-3-16(15-33)10-25(17)32/h1-10,12,14,34H,11,13H2,(H,36,37). The number of halogens is 3. The number of aromatic carboxylic acids is 1. The first kappa shape index (κ1) is 23.8. The van der Waals surface area contributed by atoms with Gasteiger partial charge in [0, 0.05) is 47.3 Å². The van der Waals surface area contributed by atoms with Crippen molar-refractivity contribution in [1.82, 2.24) is 9.97 Å². The average molecular weight is 497 g/mol. The molecule has 0 radical (unpaired) electrons. The zero-order valence-electron chi connectivity index (χ0n) is 19.2. The van der Waals surface area contributed by atoms with E-state index in [1.807, 2.05) is 6.07 Å². The summed E-state index contributed by atoms with van der Waals surface area (Å²) in [5, 5.41) is 19.2. The fourth-order valence-electron chi connectivity index (χ4n) is 4.50. The predicted octanol–water partition coefficient (Wildman–Crippen LogP) is 6.40. The Morgan fingerprint density at radius 1 is 0.919 bits per heavy atom. The van der Waals surface area contributed by atoms with Gasteiger partial charge < -0.3 is 10.1 Å². The van der Waals surface area contributed by atoms with Crippen molar-refractivity contribution in [1.29, 1.82) is 5.26 Å². The number of fused-ring (bicyclic) bond motifs is 1. The van der Waals surface area contributed by atoms with E-state index in [-0.39, 0.29) is 46.4 Å². The predicted molar refractivity (Wildman–Crippen MR) is 132 cm³/mol. The summed E-state index contributed by atoms with van der Waals surface area (Å²) in [7, 11) is 0. The number of aromatic amines is 1. The maximum absolute atomic E-state index is 15.4. The van der Waals surface area contributed by atoms with Crippen LogP contribution in [-0.2, 0) is 12.8 Å². The molecular formula is C29H18F3N3O2. The molecule has 0 spiro atoms. The topological polar surface area (TPSA) is 89.8 Å².